The molecule has 0 spiro atoms. The average molecular weight is 244 g/mol. The Balaban J connectivity index is 3.94. The lowest BCUT2D eigenvalue weighted by atomic mass is 9.84. The van der Waals surface area contributed by atoms with Gasteiger partial charge in [-0.15, -0.1) is 0 Å². The van der Waals surface area contributed by atoms with Crippen LogP contribution in [0.25, 0.3) is 0 Å². The normalized spacial score (nSPS) is 13.5. The van der Waals surface area contributed by atoms with Crippen molar-refractivity contribution < 1.29 is 14.6 Å². The molecule has 0 aliphatic rings. The van der Waals surface area contributed by atoms with Gasteiger partial charge in [0.15, 0.2) is 0 Å². The Morgan fingerprint density at radius 2 is 1.76 bits per heavy atom. The summed E-state index contributed by atoms with van der Waals surface area (Å²) in [4.78, 5) is 11.7. The third kappa shape index (κ3) is 6.06. The van der Waals surface area contributed by atoms with E-state index in [1.54, 1.807) is 20.8 Å². The molecular formula is C14H28O3. The molecule has 0 aromatic carbocycles. The first-order valence-electron chi connectivity index (χ1n) is 6.82. The van der Waals surface area contributed by atoms with Crippen LogP contribution in [0.4, 0.5) is 0 Å². The zero-order chi connectivity index (χ0) is 13.3. The second-order valence-corrected chi connectivity index (χ2v) is 5.16. The van der Waals surface area contributed by atoms with Crippen LogP contribution < -0.4 is 0 Å². The van der Waals surface area contributed by atoms with E-state index in [1.807, 2.05) is 0 Å². The molecule has 0 fully saturated rings. The number of esters is 1. The molecule has 0 amide bonds. The lowest BCUT2D eigenvalue weighted by Gasteiger charge is -2.28. The van der Waals surface area contributed by atoms with Crippen LogP contribution in [0.15, 0.2) is 0 Å². The number of carbonyl (C=O) groups is 1. The summed E-state index contributed by atoms with van der Waals surface area (Å²) in [5.74, 6) is -0.305. The number of ether oxygens (including phenoxy) is 1. The minimum absolute atomic E-state index is 0.305. The van der Waals surface area contributed by atoms with Gasteiger partial charge in [-0.2, -0.15) is 0 Å². The van der Waals surface area contributed by atoms with Crippen molar-refractivity contribution in [3.63, 3.8) is 0 Å². The van der Waals surface area contributed by atoms with E-state index in [9.17, 15) is 9.90 Å². The molecule has 0 bridgehead atoms. The first kappa shape index (κ1) is 16.4. The van der Waals surface area contributed by atoms with Crippen LogP contribution in [0.2, 0.25) is 0 Å². The molecule has 1 atom stereocenters. The minimum atomic E-state index is -0.791. The molecule has 0 aliphatic carbocycles. The summed E-state index contributed by atoms with van der Waals surface area (Å²) in [6, 6.07) is 0. The van der Waals surface area contributed by atoms with Gasteiger partial charge in [0.05, 0.1) is 18.1 Å². The van der Waals surface area contributed by atoms with E-state index < -0.39 is 11.5 Å². The highest BCUT2D eigenvalue weighted by Crippen LogP contribution is 2.26. The molecular weight excluding hydrogens is 216 g/mol. The summed E-state index contributed by atoms with van der Waals surface area (Å²) in [6.45, 7) is 7.83. The SMILES string of the molecule is CCCCCCCC(O)C(C)(C)C(=O)OCC. The number of aliphatic hydroxyl groups is 1. The standard InChI is InChI=1S/C14H28O3/c1-5-7-8-9-10-11-12(15)14(3,4)13(16)17-6-2/h12,15H,5-11H2,1-4H3. The van der Waals surface area contributed by atoms with Gasteiger partial charge in [0.2, 0.25) is 0 Å². The van der Waals surface area contributed by atoms with Crippen LogP contribution >= 0.6 is 0 Å². The fourth-order valence-electron chi connectivity index (χ4n) is 1.76. The van der Waals surface area contributed by atoms with Crippen molar-refractivity contribution in [3.8, 4) is 0 Å². The smallest absolute Gasteiger partial charge is 0.314 e. The van der Waals surface area contributed by atoms with Gasteiger partial charge in [-0.3, -0.25) is 4.79 Å². The first-order valence-corrected chi connectivity index (χ1v) is 6.82. The summed E-state index contributed by atoms with van der Waals surface area (Å²) in [7, 11) is 0. The van der Waals surface area contributed by atoms with Crippen LogP contribution in [-0.4, -0.2) is 23.8 Å². The van der Waals surface area contributed by atoms with Crippen molar-refractivity contribution >= 4 is 5.97 Å². The molecule has 0 radical (unpaired) electrons. The first-order chi connectivity index (χ1) is 7.96. The van der Waals surface area contributed by atoms with E-state index >= 15 is 0 Å². The second-order valence-electron chi connectivity index (χ2n) is 5.16. The van der Waals surface area contributed by atoms with Crippen LogP contribution in [0.5, 0.6) is 0 Å². The molecule has 0 aromatic rings. The molecule has 102 valence electrons. The third-order valence-corrected chi connectivity index (χ3v) is 3.22. The molecule has 0 aromatic heterocycles. The van der Waals surface area contributed by atoms with Crippen molar-refractivity contribution in [1.82, 2.24) is 0 Å². The molecule has 1 unspecified atom stereocenters. The quantitative estimate of drug-likeness (QED) is 0.500. The Labute approximate surface area is 106 Å². The Hall–Kier alpha value is -0.570. The molecule has 0 rings (SSSR count). The van der Waals surface area contributed by atoms with Crippen LogP contribution in [0.1, 0.15) is 66.2 Å². The Kier molecular flexibility index (Phi) is 8.23. The predicted molar refractivity (Wildman–Crippen MR) is 69.8 cm³/mol. The van der Waals surface area contributed by atoms with Gasteiger partial charge in [0.1, 0.15) is 0 Å². The van der Waals surface area contributed by atoms with E-state index in [0.717, 1.165) is 12.8 Å². The topological polar surface area (TPSA) is 46.5 Å². The van der Waals surface area contributed by atoms with Crippen molar-refractivity contribution in [1.29, 1.82) is 0 Å². The summed E-state index contributed by atoms with van der Waals surface area (Å²) >= 11 is 0. The number of carbonyl (C=O) groups excluding carboxylic acids is 1. The maximum absolute atomic E-state index is 11.7. The van der Waals surface area contributed by atoms with Crippen LogP contribution in [0, 0.1) is 5.41 Å². The lowest BCUT2D eigenvalue weighted by Crippen LogP contribution is -2.38. The zero-order valence-electron chi connectivity index (χ0n) is 11.8. The number of rotatable bonds is 9. The second kappa shape index (κ2) is 8.51. The Morgan fingerprint density at radius 1 is 1.18 bits per heavy atom. The van der Waals surface area contributed by atoms with Gasteiger partial charge in [-0.25, -0.2) is 0 Å². The monoisotopic (exact) mass is 244 g/mol. The predicted octanol–water partition coefficient (Wildman–Crippen LogP) is 3.30. The van der Waals surface area contributed by atoms with Gasteiger partial charge in [-0.1, -0.05) is 39.0 Å². The van der Waals surface area contributed by atoms with E-state index in [1.165, 1.54) is 19.3 Å². The molecule has 0 saturated heterocycles. The summed E-state index contributed by atoms with van der Waals surface area (Å²) in [5.41, 5.74) is -0.791. The molecule has 0 aliphatic heterocycles. The van der Waals surface area contributed by atoms with E-state index in [-0.39, 0.29) is 5.97 Å². The molecule has 3 nitrogen and oxygen atoms in total. The summed E-state index contributed by atoms with van der Waals surface area (Å²) in [6.07, 6.45) is 5.85. The highest BCUT2D eigenvalue weighted by Gasteiger charge is 2.36. The largest absolute Gasteiger partial charge is 0.466 e. The van der Waals surface area contributed by atoms with Gasteiger partial charge in [0.25, 0.3) is 0 Å². The number of hydrogen-bond acceptors (Lipinski definition) is 3. The minimum Gasteiger partial charge on any atom is -0.466 e. The zero-order valence-corrected chi connectivity index (χ0v) is 11.8. The molecule has 3 heteroatoms. The van der Waals surface area contributed by atoms with E-state index in [4.69, 9.17) is 4.74 Å². The maximum Gasteiger partial charge on any atom is 0.314 e. The highest BCUT2D eigenvalue weighted by molar-refractivity contribution is 5.76. The lowest BCUT2D eigenvalue weighted by molar-refractivity contribution is -0.160. The fraction of sp³-hybridized carbons (Fsp3) is 0.929. The molecule has 0 saturated carbocycles. The summed E-state index contributed by atoms with van der Waals surface area (Å²) in [5, 5.41) is 10.0. The molecule has 17 heavy (non-hydrogen) atoms. The number of unbranched alkanes of at least 4 members (excludes halogenated alkanes) is 4. The van der Waals surface area contributed by atoms with Crippen LogP contribution in [-0.2, 0) is 9.53 Å². The third-order valence-electron chi connectivity index (χ3n) is 3.22. The maximum atomic E-state index is 11.7. The van der Waals surface area contributed by atoms with Crippen molar-refractivity contribution in [2.45, 2.75) is 72.3 Å². The van der Waals surface area contributed by atoms with Crippen LogP contribution in [0.3, 0.4) is 0 Å². The van der Waals surface area contributed by atoms with E-state index in [0.29, 0.717) is 13.0 Å². The van der Waals surface area contributed by atoms with Gasteiger partial charge in [-0.05, 0) is 27.2 Å². The molecule has 1 N–H and O–H groups in total. The van der Waals surface area contributed by atoms with Crippen molar-refractivity contribution in [2.75, 3.05) is 6.61 Å². The van der Waals surface area contributed by atoms with Crippen molar-refractivity contribution in [2.24, 2.45) is 5.41 Å². The summed E-state index contributed by atoms with van der Waals surface area (Å²) < 4.78 is 4.97. The Bertz CT molecular complexity index is 212. The molecule has 0 heterocycles. The number of aliphatic hydroxyl groups excluding tert-OH is 1. The highest BCUT2D eigenvalue weighted by atomic mass is 16.5. The van der Waals surface area contributed by atoms with Crippen molar-refractivity contribution in [3.05, 3.63) is 0 Å². The van der Waals surface area contributed by atoms with E-state index in [2.05, 4.69) is 6.92 Å². The number of hydrogen-bond donors (Lipinski definition) is 1. The van der Waals surface area contributed by atoms with Gasteiger partial charge < -0.3 is 9.84 Å². The Morgan fingerprint density at radius 3 is 2.29 bits per heavy atom. The van der Waals surface area contributed by atoms with Gasteiger partial charge >= 0.3 is 5.97 Å². The fourth-order valence-corrected chi connectivity index (χ4v) is 1.76. The average Bonchev–Trinajstić information content (AvgIpc) is 2.28. The van der Waals surface area contributed by atoms with Gasteiger partial charge in [0, 0.05) is 0 Å².